The van der Waals surface area contributed by atoms with Crippen molar-refractivity contribution in [2.45, 2.75) is 45.1 Å². The summed E-state index contributed by atoms with van der Waals surface area (Å²) in [5.74, 6) is 3.78. The lowest BCUT2D eigenvalue weighted by molar-refractivity contribution is 0.335. The van der Waals surface area contributed by atoms with Crippen molar-refractivity contribution >= 4 is 34.0 Å². The average Bonchev–Trinajstić information content (AvgIpc) is 3.42. The van der Waals surface area contributed by atoms with Crippen molar-refractivity contribution in [1.82, 2.24) is 15.3 Å². The van der Waals surface area contributed by atoms with E-state index >= 15 is 0 Å². The van der Waals surface area contributed by atoms with Gasteiger partial charge in [0, 0.05) is 23.6 Å². The molecule has 6 rings (SSSR count). The van der Waals surface area contributed by atoms with Crippen LogP contribution in [-0.2, 0) is 13.0 Å². The number of anilines is 2. The maximum absolute atomic E-state index is 13.5. The zero-order valence-electron chi connectivity index (χ0n) is 22.7. The first-order chi connectivity index (χ1) is 20.1. The van der Waals surface area contributed by atoms with Gasteiger partial charge >= 0.3 is 0 Å². The predicted octanol–water partition coefficient (Wildman–Crippen LogP) is 8.81. The van der Waals surface area contributed by atoms with Crippen LogP contribution in [0.25, 0.3) is 10.9 Å². The summed E-state index contributed by atoms with van der Waals surface area (Å²) in [7, 11) is 0. The van der Waals surface area contributed by atoms with Gasteiger partial charge in [0.15, 0.2) is 0 Å². The van der Waals surface area contributed by atoms with Crippen molar-refractivity contribution in [2.75, 3.05) is 11.9 Å². The van der Waals surface area contributed by atoms with Crippen molar-refractivity contribution in [3.8, 4) is 11.5 Å². The molecule has 2 aromatic heterocycles. The highest BCUT2D eigenvalue weighted by Gasteiger charge is 2.14. The Morgan fingerprint density at radius 1 is 0.927 bits per heavy atom. The Bertz CT molecular complexity index is 1630. The lowest BCUT2D eigenvalue weighted by Gasteiger charge is -2.21. The Kier molecular flexibility index (Phi) is 8.44. The monoisotopic (exact) mass is 570 g/mol. The predicted molar refractivity (Wildman–Crippen MR) is 161 cm³/mol. The van der Waals surface area contributed by atoms with Gasteiger partial charge in [-0.15, -0.1) is 0 Å². The molecule has 2 N–H and O–H groups in total. The fourth-order valence-electron chi connectivity index (χ4n) is 5.37. The second kappa shape index (κ2) is 12.7. The molecule has 1 aliphatic carbocycles. The minimum atomic E-state index is -0.374. The number of halogens is 2. The van der Waals surface area contributed by atoms with E-state index in [0.717, 1.165) is 52.7 Å². The fourth-order valence-corrected chi connectivity index (χ4v) is 5.59. The number of ether oxygens (including phenoxy) is 1. The van der Waals surface area contributed by atoms with E-state index in [1.807, 2.05) is 12.1 Å². The number of hydrogen-bond donors (Lipinski definition) is 2. The largest absolute Gasteiger partial charge is 0.464 e. The summed E-state index contributed by atoms with van der Waals surface area (Å²) < 4.78 is 25.4. The van der Waals surface area contributed by atoms with Crippen molar-refractivity contribution in [1.29, 1.82) is 0 Å². The Hall–Kier alpha value is -3.94. The highest BCUT2D eigenvalue weighted by Crippen LogP contribution is 2.34. The Morgan fingerprint density at radius 2 is 1.80 bits per heavy atom. The van der Waals surface area contributed by atoms with Crippen molar-refractivity contribution in [3.63, 3.8) is 0 Å². The van der Waals surface area contributed by atoms with Crippen LogP contribution in [0.5, 0.6) is 11.5 Å². The Balaban J connectivity index is 1.12. The second-order valence-electron chi connectivity index (χ2n) is 10.6. The summed E-state index contributed by atoms with van der Waals surface area (Å²) >= 11 is 6.49. The van der Waals surface area contributed by atoms with E-state index in [4.69, 9.17) is 20.8 Å². The van der Waals surface area contributed by atoms with Gasteiger partial charge in [-0.2, -0.15) is 0 Å². The SMILES string of the molecule is Fc1cccc(Oc2ccc(Nc3ncnc4ccc(Cc5ccc(CNCC6CCCCC6)o5)cc34)cc2Cl)c1. The molecule has 0 amide bonds. The summed E-state index contributed by atoms with van der Waals surface area (Å²) in [6.45, 7) is 1.81. The molecule has 0 aliphatic heterocycles. The summed E-state index contributed by atoms with van der Waals surface area (Å²) in [5, 5.41) is 8.20. The van der Waals surface area contributed by atoms with E-state index in [-0.39, 0.29) is 5.82 Å². The number of nitrogens with one attached hydrogen (secondary N) is 2. The molecule has 210 valence electrons. The first-order valence-electron chi connectivity index (χ1n) is 14.1. The number of benzene rings is 3. The molecule has 0 unspecified atom stereocenters. The standard InChI is InChI=1S/C33H32ClFN4O2/c34-30-18-25(10-14-32(30)41-26-8-4-7-24(35)17-26)39-33-29-16-23(9-13-31(29)37-21-38-33)15-27-11-12-28(40-27)20-36-19-22-5-2-1-3-6-22/h4,7-14,16-18,21-22,36H,1-3,5-6,15,19-20H2,(H,37,38,39). The molecule has 1 fully saturated rings. The summed E-state index contributed by atoms with van der Waals surface area (Å²) in [6.07, 6.45) is 8.98. The molecule has 0 atom stereocenters. The third-order valence-electron chi connectivity index (χ3n) is 7.47. The molecule has 2 heterocycles. The highest BCUT2D eigenvalue weighted by molar-refractivity contribution is 6.32. The molecular formula is C33H32ClFN4O2. The number of nitrogens with zero attached hydrogens (tertiary/aromatic N) is 2. The van der Waals surface area contributed by atoms with Crippen LogP contribution in [0.15, 0.2) is 83.5 Å². The molecule has 5 aromatic rings. The van der Waals surface area contributed by atoms with E-state index in [1.165, 1.54) is 50.6 Å². The van der Waals surface area contributed by atoms with Crippen LogP contribution in [0.3, 0.4) is 0 Å². The number of hydrogen-bond acceptors (Lipinski definition) is 6. The summed E-state index contributed by atoms with van der Waals surface area (Å²) in [5.41, 5.74) is 2.67. The van der Waals surface area contributed by atoms with Crippen LogP contribution < -0.4 is 15.4 Å². The average molecular weight is 571 g/mol. The van der Waals surface area contributed by atoms with Crippen molar-refractivity contribution < 1.29 is 13.5 Å². The lowest BCUT2D eigenvalue weighted by atomic mass is 9.89. The third kappa shape index (κ3) is 7.04. The summed E-state index contributed by atoms with van der Waals surface area (Å²) in [6, 6.07) is 21.5. The minimum Gasteiger partial charge on any atom is -0.464 e. The van der Waals surface area contributed by atoms with Crippen LogP contribution in [0.2, 0.25) is 5.02 Å². The van der Waals surface area contributed by atoms with Gasteiger partial charge in [-0.05, 0) is 85.5 Å². The van der Waals surface area contributed by atoms with Crippen LogP contribution in [0.4, 0.5) is 15.9 Å². The van der Waals surface area contributed by atoms with E-state index in [9.17, 15) is 4.39 Å². The van der Waals surface area contributed by atoms with Crippen LogP contribution in [0, 0.1) is 11.7 Å². The van der Waals surface area contributed by atoms with Gasteiger partial charge in [-0.25, -0.2) is 14.4 Å². The molecule has 41 heavy (non-hydrogen) atoms. The van der Waals surface area contributed by atoms with Gasteiger partial charge < -0.3 is 19.8 Å². The van der Waals surface area contributed by atoms with Crippen molar-refractivity contribution in [3.05, 3.63) is 107 Å². The van der Waals surface area contributed by atoms with Crippen LogP contribution in [-0.4, -0.2) is 16.5 Å². The number of aromatic nitrogens is 2. The zero-order chi connectivity index (χ0) is 28.0. The van der Waals surface area contributed by atoms with E-state index in [0.29, 0.717) is 28.8 Å². The van der Waals surface area contributed by atoms with E-state index in [2.05, 4.69) is 44.9 Å². The molecule has 8 heteroatoms. The van der Waals surface area contributed by atoms with Gasteiger partial charge in [-0.1, -0.05) is 43.0 Å². The van der Waals surface area contributed by atoms with Gasteiger partial charge in [0.1, 0.15) is 41.0 Å². The van der Waals surface area contributed by atoms with Crippen molar-refractivity contribution in [2.24, 2.45) is 5.92 Å². The zero-order valence-corrected chi connectivity index (χ0v) is 23.5. The third-order valence-corrected chi connectivity index (χ3v) is 7.77. The first kappa shape index (κ1) is 27.2. The first-order valence-corrected chi connectivity index (χ1v) is 14.5. The molecule has 0 radical (unpaired) electrons. The number of fused-ring (bicyclic) bond motifs is 1. The number of rotatable bonds is 10. The molecule has 1 aliphatic rings. The Morgan fingerprint density at radius 3 is 2.66 bits per heavy atom. The second-order valence-corrected chi connectivity index (χ2v) is 11.0. The molecule has 6 nitrogen and oxygen atoms in total. The van der Waals surface area contributed by atoms with Gasteiger partial charge in [-0.3, -0.25) is 0 Å². The minimum absolute atomic E-state index is 0.374. The smallest absolute Gasteiger partial charge is 0.146 e. The van der Waals surface area contributed by atoms with Crippen LogP contribution in [0.1, 0.15) is 49.2 Å². The highest BCUT2D eigenvalue weighted by atomic mass is 35.5. The Labute approximate surface area is 243 Å². The van der Waals surface area contributed by atoms with Gasteiger partial charge in [0.25, 0.3) is 0 Å². The molecule has 3 aromatic carbocycles. The topological polar surface area (TPSA) is 72.2 Å². The molecule has 0 spiro atoms. The fraction of sp³-hybridized carbons (Fsp3) is 0.273. The maximum atomic E-state index is 13.5. The van der Waals surface area contributed by atoms with E-state index < -0.39 is 0 Å². The maximum Gasteiger partial charge on any atom is 0.146 e. The molecular weight excluding hydrogens is 539 g/mol. The summed E-state index contributed by atoms with van der Waals surface area (Å²) in [4.78, 5) is 8.92. The molecule has 0 saturated heterocycles. The quantitative estimate of drug-likeness (QED) is 0.175. The van der Waals surface area contributed by atoms with Gasteiger partial charge in [0.05, 0.1) is 17.1 Å². The van der Waals surface area contributed by atoms with Gasteiger partial charge in [0.2, 0.25) is 0 Å². The number of furan rings is 1. The normalized spacial score (nSPS) is 13.9. The van der Waals surface area contributed by atoms with E-state index in [1.54, 1.807) is 24.3 Å². The molecule has 1 saturated carbocycles. The lowest BCUT2D eigenvalue weighted by Crippen LogP contribution is -2.23. The molecule has 0 bridgehead atoms. The van der Waals surface area contributed by atoms with Crippen LogP contribution >= 0.6 is 11.6 Å².